The summed E-state index contributed by atoms with van der Waals surface area (Å²) < 4.78 is 0. The van der Waals surface area contributed by atoms with Gasteiger partial charge in [0.15, 0.2) is 0 Å². The van der Waals surface area contributed by atoms with Crippen molar-refractivity contribution in [3.63, 3.8) is 0 Å². The SMILES string of the molecule is CC(C)(C)C1CN(c2ncnc3[nH]c(-c4ccccc4)cc23)CCN1C(=O)O. The molecule has 3 aromatic rings. The summed E-state index contributed by atoms with van der Waals surface area (Å²) in [6, 6.07) is 12.1. The van der Waals surface area contributed by atoms with Gasteiger partial charge in [-0.3, -0.25) is 0 Å². The molecule has 146 valence electrons. The van der Waals surface area contributed by atoms with E-state index < -0.39 is 6.09 Å². The number of nitrogens with zero attached hydrogens (tertiary/aromatic N) is 4. The molecule has 2 N–H and O–H groups in total. The van der Waals surface area contributed by atoms with E-state index in [9.17, 15) is 9.90 Å². The van der Waals surface area contributed by atoms with Gasteiger partial charge in [0, 0.05) is 25.3 Å². The number of aromatic amines is 1. The van der Waals surface area contributed by atoms with Crippen LogP contribution in [0.3, 0.4) is 0 Å². The normalized spacial score (nSPS) is 17.9. The van der Waals surface area contributed by atoms with Gasteiger partial charge in [0.1, 0.15) is 17.8 Å². The summed E-state index contributed by atoms with van der Waals surface area (Å²) in [6.07, 6.45) is 0.707. The molecule has 7 heteroatoms. The van der Waals surface area contributed by atoms with Crippen molar-refractivity contribution in [1.29, 1.82) is 0 Å². The second-order valence-electron chi connectivity index (χ2n) is 8.31. The van der Waals surface area contributed by atoms with Crippen molar-refractivity contribution in [2.75, 3.05) is 24.5 Å². The number of piperazine rings is 1. The lowest BCUT2D eigenvalue weighted by molar-refractivity contribution is 0.0747. The lowest BCUT2D eigenvalue weighted by atomic mass is 9.84. The smallest absolute Gasteiger partial charge is 0.407 e. The average molecular weight is 379 g/mol. The summed E-state index contributed by atoms with van der Waals surface area (Å²) in [5, 5.41) is 10.6. The summed E-state index contributed by atoms with van der Waals surface area (Å²) in [7, 11) is 0. The van der Waals surface area contributed by atoms with E-state index in [1.807, 2.05) is 18.2 Å². The maximum Gasteiger partial charge on any atom is 0.407 e. The van der Waals surface area contributed by atoms with Crippen LogP contribution in [0.1, 0.15) is 20.8 Å². The predicted molar refractivity (Wildman–Crippen MR) is 110 cm³/mol. The molecule has 1 unspecified atom stereocenters. The Morgan fingerprint density at radius 2 is 1.93 bits per heavy atom. The topological polar surface area (TPSA) is 85.4 Å². The number of hydrogen-bond donors (Lipinski definition) is 2. The highest BCUT2D eigenvalue weighted by Crippen LogP contribution is 2.33. The Bertz CT molecular complexity index is 993. The van der Waals surface area contributed by atoms with Gasteiger partial charge >= 0.3 is 6.09 Å². The van der Waals surface area contributed by atoms with Crippen LogP contribution < -0.4 is 4.90 Å². The Labute approximate surface area is 164 Å². The Morgan fingerprint density at radius 3 is 2.61 bits per heavy atom. The second-order valence-corrected chi connectivity index (χ2v) is 8.31. The molecule has 3 heterocycles. The maximum absolute atomic E-state index is 11.7. The summed E-state index contributed by atoms with van der Waals surface area (Å²) in [6.45, 7) is 7.91. The third-order valence-corrected chi connectivity index (χ3v) is 5.41. The van der Waals surface area contributed by atoms with E-state index in [1.165, 1.54) is 0 Å². The van der Waals surface area contributed by atoms with Crippen molar-refractivity contribution >= 4 is 22.9 Å². The molecular formula is C21H25N5O2. The van der Waals surface area contributed by atoms with Gasteiger partial charge in [-0.05, 0) is 17.0 Å². The molecule has 4 rings (SSSR count). The molecule has 7 nitrogen and oxygen atoms in total. The third kappa shape index (κ3) is 3.28. The van der Waals surface area contributed by atoms with E-state index in [0.717, 1.165) is 28.1 Å². The monoisotopic (exact) mass is 379 g/mol. The molecular weight excluding hydrogens is 354 g/mol. The summed E-state index contributed by atoms with van der Waals surface area (Å²) in [5.41, 5.74) is 2.71. The first-order valence-electron chi connectivity index (χ1n) is 9.48. The number of amides is 1. The molecule has 0 spiro atoms. The van der Waals surface area contributed by atoms with Crippen LogP contribution in [0.25, 0.3) is 22.3 Å². The number of benzene rings is 1. The minimum absolute atomic E-state index is 0.115. The Balaban J connectivity index is 1.71. The number of hydrogen-bond acceptors (Lipinski definition) is 4. The molecule has 1 atom stereocenters. The zero-order valence-corrected chi connectivity index (χ0v) is 16.4. The number of carboxylic acid groups (broad SMARTS) is 1. The first-order valence-corrected chi connectivity index (χ1v) is 9.48. The van der Waals surface area contributed by atoms with E-state index in [0.29, 0.717) is 19.6 Å². The fourth-order valence-electron chi connectivity index (χ4n) is 3.90. The van der Waals surface area contributed by atoms with E-state index in [2.05, 4.69) is 58.8 Å². The molecule has 1 saturated heterocycles. The van der Waals surface area contributed by atoms with Crippen molar-refractivity contribution < 1.29 is 9.90 Å². The van der Waals surface area contributed by atoms with Crippen molar-refractivity contribution in [2.45, 2.75) is 26.8 Å². The van der Waals surface area contributed by atoms with Crippen molar-refractivity contribution in [3.8, 4) is 11.3 Å². The molecule has 28 heavy (non-hydrogen) atoms. The fraction of sp³-hybridized carbons (Fsp3) is 0.381. The molecule has 0 bridgehead atoms. The van der Waals surface area contributed by atoms with Crippen LogP contribution in [-0.4, -0.2) is 56.7 Å². The highest BCUT2D eigenvalue weighted by molar-refractivity contribution is 5.92. The minimum Gasteiger partial charge on any atom is -0.465 e. The van der Waals surface area contributed by atoms with Crippen LogP contribution in [0.15, 0.2) is 42.7 Å². The second kappa shape index (κ2) is 6.82. The van der Waals surface area contributed by atoms with Crippen LogP contribution in [-0.2, 0) is 0 Å². The molecule has 0 aliphatic carbocycles. The average Bonchev–Trinajstić information content (AvgIpc) is 3.12. The predicted octanol–water partition coefficient (Wildman–Crippen LogP) is 3.84. The van der Waals surface area contributed by atoms with Crippen LogP contribution in [0, 0.1) is 5.41 Å². The number of anilines is 1. The minimum atomic E-state index is -0.861. The Kier molecular flexibility index (Phi) is 4.45. The van der Waals surface area contributed by atoms with Gasteiger partial charge in [-0.1, -0.05) is 51.1 Å². The number of rotatable bonds is 2. The highest BCUT2D eigenvalue weighted by atomic mass is 16.4. The third-order valence-electron chi connectivity index (χ3n) is 5.41. The maximum atomic E-state index is 11.7. The quantitative estimate of drug-likeness (QED) is 0.707. The molecule has 1 amide bonds. The van der Waals surface area contributed by atoms with Crippen LogP contribution in [0.2, 0.25) is 0 Å². The van der Waals surface area contributed by atoms with Crippen LogP contribution >= 0.6 is 0 Å². The number of H-pyrrole nitrogens is 1. The van der Waals surface area contributed by atoms with E-state index in [4.69, 9.17) is 0 Å². The fourth-order valence-corrected chi connectivity index (χ4v) is 3.90. The molecule has 1 aromatic carbocycles. The van der Waals surface area contributed by atoms with Gasteiger partial charge < -0.3 is 19.9 Å². The molecule has 0 saturated carbocycles. The van der Waals surface area contributed by atoms with Gasteiger partial charge in [0.2, 0.25) is 0 Å². The molecule has 1 fully saturated rings. The van der Waals surface area contributed by atoms with E-state index >= 15 is 0 Å². The zero-order valence-electron chi connectivity index (χ0n) is 16.4. The first kappa shape index (κ1) is 18.3. The van der Waals surface area contributed by atoms with Gasteiger partial charge in [0.05, 0.1) is 11.4 Å². The van der Waals surface area contributed by atoms with Gasteiger partial charge in [-0.15, -0.1) is 0 Å². The lowest BCUT2D eigenvalue weighted by Crippen LogP contribution is -2.59. The number of fused-ring (bicyclic) bond motifs is 1. The van der Waals surface area contributed by atoms with Crippen LogP contribution in [0.5, 0.6) is 0 Å². The largest absolute Gasteiger partial charge is 0.465 e. The summed E-state index contributed by atoms with van der Waals surface area (Å²) in [4.78, 5) is 27.8. The first-order chi connectivity index (χ1) is 13.3. The van der Waals surface area contributed by atoms with E-state index in [-0.39, 0.29) is 11.5 Å². The molecule has 1 aliphatic rings. The van der Waals surface area contributed by atoms with Crippen molar-refractivity contribution in [3.05, 3.63) is 42.7 Å². The highest BCUT2D eigenvalue weighted by Gasteiger charge is 2.38. The molecule has 2 aromatic heterocycles. The van der Waals surface area contributed by atoms with Crippen molar-refractivity contribution in [1.82, 2.24) is 19.9 Å². The van der Waals surface area contributed by atoms with Crippen molar-refractivity contribution in [2.24, 2.45) is 5.41 Å². The van der Waals surface area contributed by atoms with Gasteiger partial charge in [0.25, 0.3) is 0 Å². The number of carbonyl (C=O) groups is 1. The van der Waals surface area contributed by atoms with Gasteiger partial charge in [-0.25, -0.2) is 14.8 Å². The molecule has 1 aliphatic heterocycles. The van der Waals surface area contributed by atoms with E-state index in [1.54, 1.807) is 11.2 Å². The summed E-state index contributed by atoms with van der Waals surface area (Å²) >= 11 is 0. The molecule has 0 radical (unpaired) electrons. The van der Waals surface area contributed by atoms with Gasteiger partial charge in [-0.2, -0.15) is 0 Å². The lowest BCUT2D eigenvalue weighted by Gasteiger charge is -2.46. The Morgan fingerprint density at radius 1 is 1.18 bits per heavy atom. The van der Waals surface area contributed by atoms with Crippen LogP contribution in [0.4, 0.5) is 10.6 Å². The Hall–Kier alpha value is -3.09. The number of nitrogens with one attached hydrogen (secondary N) is 1. The number of aromatic nitrogens is 3. The summed E-state index contributed by atoms with van der Waals surface area (Å²) in [5.74, 6) is 0.850. The standard InChI is InChI=1S/C21H25N5O2/c1-21(2,3)17-12-25(9-10-26(17)20(27)28)19-15-11-16(14-7-5-4-6-8-14)24-18(15)22-13-23-19/h4-8,11,13,17H,9-10,12H2,1-3H3,(H,27,28)(H,22,23,24). The zero-order chi connectivity index (χ0) is 19.9.